The summed E-state index contributed by atoms with van der Waals surface area (Å²) in [5, 5.41) is 9.33. The van der Waals surface area contributed by atoms with Crippen LogP contribution in [0.25, 0.3) is 0 Å². The molecule has 0 saturated heterocycles. The Morgan fingerprint density at radius 1 is 1.00 bits per heavy atom. The van der Waals surface area contributed by atoms with Crippen LogP contribution < -0.4 is 4.57 Å². The van der Waals surface area contributed by atoms with Gasteiger partial charge in [-0.15, -0.1) is 0 Å². The molecule has 130 valence electrons. The van der Waals surface area contributed by atoms with Crippen molar-refractivity contribution < 1.29 is 14.5 Å². The van der Waals surface area contributed by atoms with Crippen molar-refractivity contribution in [1.82, 2.24) is 0 Å². The van der Waals surface area contributed by atoms with Gasteiger partial charge in [-0.25, -0.2) is 9.36 Å². The molecule has 0 aliphatic heterocycles. The Kier molecular flexibility index (Phi) is 9.58. The minimum Gasteiger partial charge on any atom is -0.478 e. The Hall–Kier alpha value is -1.38. The van der Waals surface area contributed by atoms with E-state index in [-0.39, 0.29) is 0 Å². The molecule has 0 unspecified atom stereocenters. The molecule has 0 fully saturated rings. The minimum atomic E-state index is -0.809. The number of aryl methyl sites for hydroxylation is 1. The summed E-state index contributed by atoms with van der Waals surface area (Å²) in [5.41, 5.74) is 2.54. The lowest BCUT2D eigenvalue weighted by Crippen LogP contribution is -2.33. The Bertz CT molecular complexity index is 483. The molecule has 0 atom stereocenters. The molecule has 0 saturated carbocycles. The summed E-state index contributed by atoms with van der Waals surface area (Å²) in [5.74, 6) is -0.809. The first-order valence-electron chi connectivity index (χ1n) is 9.29. The molecule has 1 rings (SSSR count). The maximum Gasteiger partial charge on any atom is 0.336 e. The smallest absolute Gasteiger partial charge is 0.336 e. The first kappa shape index (κ1) is 19.7. The lowest BCUT2D eigenvalue weighted by atomic mass is 9.99. The largest absolute Gasteiger partial charge is 0.478 e. The molecule has 0 aromatic carbocycles. The second-order valence-corrected chi connectivity index (χ2v) is 6.64. The van der Waals surface area contributed by atoms with Crippen molar-refractivity contribution in [3.63, 3.8) is 0 Å². The van der Waals surface area contributed by atoms with Crippen molar-refractivity contribution in [3.8, 4) is 0 Å². The summed E-state index contributed by atoms with van der Waals surface area (Å²) in [7, 11) is 1.98. The maximum absolute atomic E-state index is 11.4. The number of aromatic nitrogens is 1. The van der Waals surface area contributed by atoms with Crippen LogP contribution in [0.15, 0.2) is 12.3 Å². The molecule has 3 nitrogen and oxygen atoms in total. The molecule has 0 spiro atoms. The second kappa shape index (κ2) is 11.2. The van der Waals surface area contributed by atoms with Gasteiger partial charge in [0, 0.05) is 18.6 Å². The normalized spacial score (nSPS) is 10.9. The summed E-state index contributed by atoms with van der Waals surface area (Å²) < 4.78 is 2.01. The van der Waals surface area contributed by atoms with Crippen LogP contribution in [0.1, 0.15) is 92.7 Å². The fourth-order valence-corrected chi connectivity index (χ4v) is 3.11. The molecule has 1 heterocycles. The number of carboxylic acid groups (broad SMARTS) is 1. The predicted molar refractivity (Wildman–Crippen MR) is 94.9 cm³/mol. The molecule has 0 amide bonds. The van der Waals surface area contributed by atoms with Gasteiger partial charge in [0.05, 0.1) is 5.56 Å². The molecule has 3 heteroatoms. The van der Waals surface area contributed by atoms with Gasteiger partial charge in [0.25, 0.3) is 0 Å². The summed E-state index contributed by atoms with van der Waals surface area (Å²) in [4.78, 5) is 11.4. The van der Waals surface area contributed by atoms with E-state index >= 15 is 0 Å². The molecule has 0 aliphatic carbocycles. The Labute approximate surface area is 141 Å². The quantitative estimate of drug-likeness (QED) is 0.436. The van der Waals surface area contributed by atoms with Crippen LogP contribution in [0.4, 0.5) is 0 Å². The fraction of sp³-hybridized carbons (Fsp3) is 0.700. The van der Waals surface area contributed by atoms with E-state index in [0.29, 0.717) is 5.56 Å². The van der Waals surface area contributed by atoms with E-state index in [1.807, 2.05) is 24.7 Å². The lowest BCUT2D eigenvalue weighted by molar-refractivity contribution is -0.678. The van der Waals surface area contributed by atoms with Crippen molar-refractivity contribution >= 4 is 5.97 Å². The van der Waals surface area contributed by atoms with Gasteiger partial charge in [-0.1, -0.05) is 64.7 Å². The molecular formula is C20H34NO2+. The van der Waals surface area contributed by atoms with Crippen LogP contribution in [-0.4, -0.2) is 11.1 Å². The van der Waals surface area contributed by atoms with Crippen LogP contribution in [0.3, 0.4) is 0 Å². The minimum absolute atomic E-state index is 0.469. The van der Waals surface area contributed by atoms with Crippen LogP contribution in [0.5, 0.6) is 0 Å². The molecule has 1 aromatic heterocycles. The topological polar surface area (TPSA) is 41.2 Å². The number of rotatable bonds is 12. The summed E-state index contributed by atoms with van der Waals surface area (Å²) in [6, 6.07) is 1.72. The van der Waals surface area contributed by atoms with Crippen molar-refractivity contribution in [2.24, 2.45) is 7.05 Å². The predicted octanol–water partition coefficient (Wildman–Crippen LogP) is 4.98. The second-order valence-electron chi connectivity index (χ2n) is 6.64. The van der Waals surface area contributed by atoms with E-state index in [0.717, 1.165) is 24.1 Å². The Morgan fingerprint density at radius 2 is 1.52 bits per heavy atom. The third-order valence-electron chi connectivity index (χ3n) is 4.77. The number of hydrogen-bond donors (Lipinski definition) is 1. The summed E-state index contributed by atoms with van der Waals surface area (Å²) in [6.45, 7) is 4.27. The maximum atomic E-state index is 11.4. The average Bonchev–Trinajstić information content (AvgIpc) is 2.52. The third-order valence-corrected chi connectivity index (χ3v) is 4.77. The van der Waals surface area contributed by atoms with Gasteiger partial charge in [-0.2, -0.15) is 0 Å². The molecule has 0 radical (unpaired) electrons. The zero-order valence-electron chi connectivity index (χ0n) is 15.2. The van der Waals surface area contributed by atoms with Gasteiger partial charge in [0.15, 0.2) is 11.9 Å². The van der Waals surface area contributed by atoms with E-state index < -0.39 is 5.97 Å². The highest BCUT2D eigenvalue weighted by atomic mass is 16.4. The van der Waals surface area contributed by atoms with Gasteiger partial charge in [-0.05, 0) is 12.8 Å². The van der Waals surface area contributed by atoms with Gasteiger partial charge in [0.1, 0.15) is 7.05 Å². The zero-order chi connectivity index (χ0) is 17.1. The van der Waals surface area contributed by atoms with Crippen LogP contribution in [0.2, 0.25) is 0 Å². The van der Waals surface area contributed by atoms with Crippen molar-refractivity contribution in [2.45, 2.75) is 84.5 Å². The van der Waals surface area contributed by atoms with Crippen molar-refractivity contribution in [3.05, 3.63) is 29.1 Å². The molecule has 1 aromatic rings. The van der Waals surface area contributed by atoms with Gasteiger partial charge >= 0.3 is 5.97 Å². The van der Waals surface area contributed by atoms with Gasteiger partial charge in [-0.3, -0.25) is 0 Å². The molecule has 0 bridgehead atoms. The molecule has 0 aliphatic rings. The number of pyridine rings is 1. The summed E-state index contributed by atoms with van der Waals surface area (Å²) in [6.07, 6.45) is 15.8. The summed E-state index contributed by atoms with van der Waals surface area (Å²) >= 11 is 0. The molecule has 1 N–H and O–H groups in total. The van der Waals surface area contributed by atoms with E-state index in [9.17, 15) is 9.90 Å². The van der Waals surface area contributed by atoms with E-state index in [1.165, 1.54) is 57.8 Å². The highest BCUT2D eigenvalue weighted by Crippen LogP contribution is 2.16. The van der Waals surface area contributed by atoms with Crippen LogP contribution in [-0.2, 0) is 13.5 Å². The lowest BCUT2D eigenvalue weighted by Gasteiger charge is -2.08. The Balaban J connectivity index is 2.26. The first-order chi connectivity index (χ1) is 11.1. The van der Waals surface area contributed by atoms with Crippen LogP contribution >= 0.6 is 0 Å². The molecular weight excluding hydrogens is 286 g/mol. The van der Waals surface area contributed by atoms with E-state index in [2.05, 4.69) is 6.92 Å². The molecule has 23 heavy (non-hydrogen) atoms. The fourth-order valence-electron chi connectivity index (χ4n) is 3.11. The first-order valence-corrected chi connectivity index (χ1v) is 9.29. The standard InChI is InChI=1S/C20H33NO2/c1-4-5-6-7-8-9-10-11-12-13-14-18-17(2)21(3)16-15-19(18)20(22)23/h15-16H,4-14H2,1-3H3/p+1. The highest BCUT2D eigenvalue weighted by Gasteiger charge is 2.17. The SMILES string of the molecule is CCCCCCCCCCCCc1c(C(=O)O)cc[n+](C)c1C. The van der Waals surface area contributed by atoms with Gasteiger partial charge in [0.2, 0.25) is 0 Å². The van der Waals surface area contributed by atoms with Gasteiger partial charge < -0.3 is 5.11 Å². The highest BCUT2D eigenvalue weighted by molar-refractivity contribution is 5.89. The van der Waals surface area contributed by atoms with Crippen molar-refractivity contribution in [1.29, 1.82) is 0 Å². The van der Waals surface area contributed by atoms with Crippen molar-refractivity contribution in [2.75, 3.05) is 0 Å². The number of aromatic carboxylic acids is 1. The number of hydrogen-bond acceptors (Lipinski definition) is 1. The zero-order valence-corrected chi connectivity index (χ0v) is 15.2. The number of carboxylic acids is 1. The monoisotopic (exact) mass is 320 g/mol. The number of nitrogens with zero attached hydrogens (tertiary/aromatic N) is 1. The number of unbranched alkanes of at least 4 members (excludes halogenated alkanes) is 9. The number of carbonyl (C=O) groups is 1. The van der Waals surface area contributed by atoms with E-state index in [4.69, 9.17) is 0 Å². The third kappa shape index (κ3) is 7.15. The Morgan fingerprint density at radius 3 is 2.04 bits per heavy atom. The van der Waals surface area contributed by atoms with E-state index in [1.54, 1.807) is 6.07 Å². The van der Waals surface area contributed by atoms with Crippen LogP contribution in [0, 0.1) is 6.92 Å². The average molecular weight is 320 g/mol.